The third-order valence-corrected chi connectivity index (χ3v) is 5.28. The van der Waals surface area contributed by atoms with Crippen LogP contribution in [0, 0.1) is 6.92 Å². The van der Waals surface area contributed by atoms with E-state index in [4.69, 9.17) is 4.74 Å². The van der Waals surface area contributed by atoms with Crippen LogP contribution in [0.2, 0.25) is 0 Å². The van der Waals surface area contributed by atoms with Gasteiger partial charge in [-0.3, -0.25) is 9.36 Å². The molecule has 1 heterocycles. The summed E-state index contributed by atoms with van der Waals surface area (Å²) in [5, 5.41) is 11.8. The molecule has 0 radical (unpaired) electrons. The Bertz CT molecular complexity index is 972. The second-order valence-electron chi connectivity index (χ2n) is 6.42. The molecule has 7 heteroatoms. The number of carbonyl (C=O) groups is 1. The molecule has 0 aliphatic carbocycles. The fraction of sp³-hybridized carbons (Fsp3) is 0.227. The Morgan fingerprint density at radius 2 is 1.93 bits per heavy atom. The molecule has 3 aromatic rings. The molecule has 1 aromatic heterocycles. The van der Waals surface area contributed by atoms with E-state index in [1.54, 1.807) is 6.08 Å². The number of amides is 1. The van der Waals surface area contributed by atoms with Crippen molar-refractivity contribution in [2.45, 2.75) is 30.9 Å². The number of rotatable bonds is 9. The second-order valence-corrected chi connectivity index (χ2v) is 7.73. The first kappa shape index (κ1) is 20.7. The van der Waals surface area contributed by atoms with E-state index in [9.17, 15) is 4.79 Å². The predicted molar refractivity (Wildman–Crippen MR) is 115 cm³/mol. The van der Waals surface area contributed by atoms with Gasteiger partial charge in [-0.25, -0.2) is 0 Å². The van der Waals surface area contributed by atoms with Crippen LogP contribution < -0.4 is 10.1 Å². The Morgan fingerprint density at radius 3 is 2.66 bits per heavy atom. The van der Waals surface area contributed by atoms with Gasteiger partial charge in [0.2, 0.25) is 5.91 Å². The zero-order valence-electron chi connectivity index (χ0n) is 16.5. The maximum absolute atomic E-state index is 12.2. The number of benzene rings is 2. The molecule has 150 valence electrons. The molecule has 6 nitrogen and oxygen atoms in total. The van der Waals surface area contributed by atoms with Crippen LogP contribution in [0.4, 0.5) is 0 Å². The molecule has 0 spiro atoms. The number of ether oxygens (including phenoxy) is 1. The van der Waals surface area contributed by atoms with Crippen LogP contribution in [-0.4, -0.2) is 32.5 Å². The summed E-state index contributed by atoms with van der Waals surface area (Å²) in [5.41, 5.74) is 1.97. The monoisotopic (exact) mass is 408 g/mol. The number of para-hydroxylation sites is 2. The number of nitrogens with one attached hydrogen (secondary N) is 1. The molecule has 1 unspecified atom stereocenters. The van der Waals surface area contributed by atoms with Crippen molar-refractivity contribution in [1.29, 1.82) is 0 Å². The quantitative estimate of drug-likeness (QED) is 0.429. The molecule has 2 aromatic carbocycles. The SMILES string of the molecule is C=CCNC(=O)C(C)Sc1nnc(COc2ccccc2C)n1-c1ccccc1. The van der Waals surface area contributed by atoms with Crippen molar-refractivity contribution in [2.24, 2.45) is 0 Å². The highest BCUT2D eigenvalue weighted by molar-refractivity contribution is 8.00. The number of aromatic nitrogens is 3. The first-order valence-corrected chi connectivity index (χ1v) is 10.2. The smallest absolute Gasteiger partial charge is 0.233 e. The number of hydrogen-bond acceptors (Lipinski definition) is 5. The summed E-state index contributed by atoms with van der Waals surface area (Å²) in [6, 6.07) is 17.7. The highest BCUT2D eigenvalue weighted by Gasteiger charge is 2.21. The molecule has 0 saturated heterocycles. The minimum atomic E-state index is -0.327. The van der Waals surface area contributed by atoms with Gasteiger partial charge in [0.05, 0.1) is 5.25 Å². The fourth-order valence-electron chi connectivity index (χ4n) is 2.70. The average Bonchev–Trinajstić information content (AvgIpc) is 3.14. The lowest BCUT2D eigenvalue weighted by molar-refractivity contribution is -0.120. The number of hydrogen-bond donors (Lipinski definition) is 1. The zero-order chi connectivity index (χ0) is 20.6. The molecule has 0 fully saturated rings. The molecule has 0 saturated carbocycles. The summed E-state index contributed by atoms with van der Waals surface area (Å²) in [5.74, 6) is 1.40. The maximum atomic E-state index is 12.2. The van der Waals surface area contributed by atoms with Gasteiger partial charge in [-0.15, -0.1) is 16.8 Å². The summed E-state index contributed by atoms with van der Waals surface area (Å²) in [6.07, 6.45) is 1.66. The molecule has 0 bridgehead atoms. The number of nitrogens with zero attached hydrogens (tertiary/aromatic N) is 3. The summed E-state index contributed by atoms with van der Waals surface area (Å²) >= 11 is 1.36. The van der Waals surface area contributed by atoms with Crippen LogP contribution in [0.25, 0.3) is 5.69 Å². The Balaban J connectivity index is 1.84. The molecule has 29 heavy (non-hydrogen) atoms. The Morgan fingerprint density at radius 1 is 1.21 bits per heavy atom. The largest absolute Gasteiger partial charge is 0.485 e. The van der Waals surface area contributed by atoms with Gasteiger partial charge >= 0.3 is 0 Å². The van der Waals surface area contributed by atoms with E-state index in [0.717, 1.165) is 17.0 Å². The van der Waals surface area contributed by atoms with Gasteiger partial charge in [-0.1, -0.05) is 54.2 Å². The van der Waals surface area contributed by atoms with Crippen LogP contribution in [-0.2, 0) is 11.4 Å². The van der Waals surface area contributed by atoms with Gasteiger partial charge < -0.3 is 10.1 Å². The van der Waals surface area contributed by atoms with E-state index < -0.39 is 0 Å². The van der Waals surface area contributed by atoms with Crippen molar-refractivity contribution in [3.05, 3.63) is 78.6 Å². The van der Waals surface area contributed by atoms with E-state index in [1.807, 2.05) is 73.0 Å². The van der Waals surface area contributed by atoms with Crippen molar-refractivity contribution in [3.8, 4) is 11.4 Å². The summed E-state index contributed by atoms with van der Waals surface area (Å²) in [6.45, 7) is 8.17. The highest BCUT2D eigenvalue weighted by atomic mass is 32.2. The minimum Gasteiger partial charge on any atom is -0.485 e. The van der Waals surface area contributed by atoms with Crippen molar-refractivity contribution in [3.63, 3.8) is 0 Å². The lowest BCUT2D eigenvalue weighted by Gasteiger charge is -2.14. The summed E-state index contributed by atoms with van der Waals surface area (Å²) in [4.78, 5) is 12.2. The first-order chi connectivity index (χ1) is 14.1. The topological polar surface area (TPSA) is 69.0 Å². The van der Waals surface area contributed by atoms with Gasteiger partial charge in [-0.2, -0.15) is 0 Å². The Kier molecular flexibility index (Phi) is 7.08. The molecule has 1 amide bonds. The van der Waals surface area contributed by atoms with Crippen molar-refractivity contribution in [2.75, 3.05) is 6.54 Å². The zero-order valence-corrected chi connectivity index (χ0v) is 17.4. The van der Waals surface area contributed by atoms with Crippen molar-refractivity contribution < 1.29 is 9.53 Å². The van der Waals surface area contributed by atoms with Gasteiger partial charge in [0, 0.05) is 12.2 Å². The van der Waals surface area contributed by atoms with Gasteiger partial charge in [-0.05, 0) is 37.6 Å². The predicted octanol–water partition coefficient (Wildman–Crippen LogP) is 3.94. The number of thioether (sulfide) groups is 1. The lowest BCUT2D eigenvalue weighted by Crippen LogP contribution is -2.31. The first-order valence-electron chi connectivity index (χ1n) is 9.33. The van der Waals surface area contributed by atoms with Crippen LogP contribution >= 0.6 is 11.8 Å². The summed E-state index contributed by atoms with van der Waals surface area (Å²) in [7, 11) is 0. The lowest BCUT2D eigenvalue weighted by atomic mass is 10.2. The van der Waals surface area contributed by atoms with E-state index >= 15 is 0 Å². The molecule has 1 atom stereocenters. The molecule has 3 rings (SSSR count). The second kappa shape index (κ2) is 9.93. The number of aryl methyl sites for hydroxylation is 1. The van der Waals surface area contributed by atoms with E-state index in [0.29, 0.717) is 17.5 Å². The van der Waals surface area contributed by atoms with Gasteiger partial charge in [0.1, 0.15) is 12.4 Å². The minimum absolute atomic E-state index is 0.0739. The molecule has 0 aliphatic heterocycles. The average molecular weight is 409 g/mol. The van der Waals surface area contributed by atoms with E-state index in [-0.39, 0.29) is 17.8 Å². The van der Waals surface area contributed by atoms with Crippen LogP contribution in [0.5, 0.6) is 5.75 Å². The standard InChI is InChI=1S/C22H24N4O2S/c1-4-14-23-21(27)17(3)29-22-25-24-20(26(22)18-11-6-5-7-12-18)15-28-19-13-9-8-10-16(19)2/h4-13,17H,1,14-15H2,2-3H3,(H,23,27). The van der Waals surface area contributed by atoms with E-state index in [1.165, 1.54) is 11.8 Å². The Labute approximate surface area is 175 Å². The normalized spacial score (nSPS) is 11.7. The van der Waals surface area contributed by atoms with Gasteiger partial charge in [0.25, 0.3) is 0 Å². The highest BCUT2D eigenvalue weighted by Crippen LogP contribution is 2.27. The fourth-order valence-corrected chi connectivity index (χ4v) is 3.61. The Hall–Kier alpha value is -3.06. The van der Waals surface area contributed by atoms with Crippen molar-refractivity contribution >= 4 is 17.7 Å². The van der Waals surface area contributed by atoms with Crippen LogP contribution in [0.15, 0.2) is 72.4 Å². The molecule has 1 N–H and O–H groups in total. The van der Waals surface area contributed by atoms with E-state index in [2.05, 4.69) is 22.1 Å². The maximum Gasteiger partial charge on any atom is 0.233 e. The van der Waals surface area contributed by atoms with Crippen molar-refractivity contribution in [1.82, 2.24) is 20.1 Å². The van der Waals surface area contributed by atoms with Crippen LogP contribution in [0.3, 0.4) is 0 Å². The molecular formula is C22H24N4O2S. The third kappa shape index (κ3) is 5.26. The third-order valence-electron chi connectivity index (χ3n) is 4.24. The molecular weight excluding hydrogens is 384 g/mol. The summed E-state index contributed by atoms with van der Waals surface area (Å²) < 4.78 is 7.91. The number of carbonyl (C=O) groups excluding carboxylic acids is 1. The van der Waals surface area contributed by atoms with Gasteiger partial charge in [0.15, 0.2) is 11.0 Å². The van der Waals surface area contributed by atoms with Crippen LogP contribution in [0.1, 0.15) is 18.3 Å². The molecule has 0 aliphatic rings.